The summed E-state index contributed by atoms with van der Waals surface area (Å²) in [7, 11) is 1.57. The fourth-order valence-electron chi connectivity index (χ4n) is 2.99. The lowest BCUT2D eigenvalue weighted by molar-refractivity contribution is 0.143. The number of fused-ring (bicyclic) bond motifs is 1. The van der Waals surface area contributed by atoms with Crippen molar-refractivity contribution in [2.45, 2.75) is 6.42 Å². The number of alkyl halides is 1. The van der Waals surface area contributed by atoms with Gasteiger partial charge in [-0.1, -0.05) is 0 Å². The van der Waals surface area contributed by atoms with Gasteiger partial charge in [0.15, 0.2) is 11.5 Å². The molecule has 0 unspecified atom stereocenters. The number of amides is 2. The SMILES string of the molecule is COCCOc1cc2nccc(Oc3ccc(NC(=O)NCCCF)c(F)c3)c2cc1OCN. The number of pyridine rings is 1. The second-order valence-electron chi connectivity index (χ2n) is 6.94. The molecule has 182 valence electrons. The molecule has 0 saturated carbocycles. The normalized spacial score (nSPS) is 10.7. The van der Waals surface area contributed by atoms with Gasteiger partial charge in [-0.25, -0.2) is 9.18 Å². The van der Waals surface area contributed by atoms with Crippen LogP contribution in [0.2, 0.25) is 0 Å². The van der Waals surface area contributed by atoms with Gasteiger partial charge in [0.05, 0.1) is 24.5 Å². The van der Waals surface area contributed by atoms with Crippen LogP contribution >= 0.6 is 0 Å². The standard InChI is InChI=1S/C23H26F2N4O5/c1-31-9-10-32-22-13-19-16(12-21(22)33-14-26)20(5-8-27-19)34-15-3-4-18(17(25)11-15)29-23(30)28-7-2-6-24/h3-5,8,11-13H,2,6-7,9-10,14,26H2,1H3,(H2,28,29,30). The first-order valence-corrected chi connectivity index (χ1v) is 10.5. The van der Waals surface area contributed by atoms with Crippen LogP contribution < -0.4 is 30.6 Å². The molecular weight excluding hydrogens is 450 g/mol. The maximum atomic E-state index is 14.5. The van der Waals surface area contributed by atoms with Gasteiger partial charge < -0.3 is 29.6 Å². The van der Waals surface area contributed by atoms with Crippen LogP contribution in [-0.4, -0.2) is 51.3 Å². The van der Waals surface area contributed by atoms with E-state index in [1.165, 1.54) is 12.1 Å². The first-order chi connectivity index (χ1) is 16.5. The van der Waals surface area contributed by atoms with E-state index in [0.29, 0.717) is 41.4 Å². The van der Waals surface area contributed by atoms with E-state index < -0.39 is 18.5 Å². The maximum Gasteiger partial charge on any atom is 0.319 e. The van der Waals surface area contributed by atoms with E-state index in [4.69, 9.17) is 24.7 Å². The summed E-state index contributed by atoms with van der Waals surface area (Å²) in [6, 6.07) is 8.39. The lowest BCUT2D eigenvalue weighted by atomic mass is 10.1. The predicted molar refractivity (Wildman–Crippen MR) is 123 cm³/mol. The van der Waals surface area contributed by atoms with Crippen molar-refractivity contribution in [3.05, 3.63) is 48.4 Å². The van der Waals surface area contributed by atoms with Crippen molar-refractivity contribution < 1.29 is 32.5 Å². The third kappa shape index (κ3) is 6.65. The number of carbonyl (C=O) groups is 1. The molecule has 0 bridgehead atoms. The van der Waals surface area contributed by atoms with Crippen LogP contribution in [0.15, 0.2) is 42.6 Å². The van der Waals surface area contributed by atoms with E-state index in [1.807, 2.05) is 0 Å². The zero-order valence-electron chi connectivity index (χ0n) is 18.6. The molecule has 1 aromatic heterocycles. The van der Waals surface area contributed by atoms with Gasteiger partial charge in [0.25, 0.3) is 0 Å². The molecule has 2 amide bonds. The predicted octanol–water partition coefficient (Wildman–Crippen LogP) is 3.97. The molecule has 0 aliphatic heterocycles. The molecule has 0 radical (unpaired) electrons. The van der Waals surface area contributed by atoms with Crippen LogP contribution in [0.4, 0.5) is 19.3 Å². The highest BCUT2D eigenvalue weighted by Crippen LogP contribution is 2.37. The van der Waals surface area contributed by atoms with E-state index in [-0.39, 0.29) is 31.1 Å². The van der Waals surface area contributed by atoms with Crippen molar-refractivity contribution in [3.63, 3.8) is 0 Å². The van der Waals surface area contributed by atoms with Gasteiger partial charge in [-0.05, 0) is 30.7 Å². The van der Waals surface area contributed by atoms with E-state index >= 15 is 0 Å². The molecule has 3 aromatic rings. The van der Waals surface area contributed by atoms with Crippen molar-refractivity contribution in [2.24, 2.45) is 5.73 Å². The number of nitrogens with two attached hydrogens (primary N) is 1. The lowest BCUT2D eigenvalue weighted by Crippen LogP contribution is -2.30. The minimum atomic E-state index is -0.697. The molecule has 0 spiro atoms. The smallest absolute Gasteiger partial charge is 0.319 e. The molecule has 4 N–H and O–H groups in total. The first-order valence-electron chi connectivity index (χ1n) is 10.5. The number of benzene rings is 2. The Morgan fingerprint density at radius 2 is 1.91 bits per heavy atom. The zero-order chi connectivity index (χ0) is 24.3. The number of nitrogens with one attached hydrogen (secondary N) is 2. The average molecular weight is 476 g/mol. The lowest BCUT2D eigenvalue weighted by Gasteiger charge is -2.15. The number of halogens is 2. The molecule has 0 fully saturated rings. The topological polar surface area (TPSA) is 117 Å². The molecule has 3 rings (SSSR count). The van der Waals surface area contributed by atoms with Crippen LogP contribution in [0, 0.1) is 5.82 Å². The van der Waals surface area contributed by atoms with Gasteiger partial charge in [-0.2, -0.15) is 0 Å². The number of aromatic nitrogens is 1. The Kier molecular flexibility index (Phi) is 9.18. The van der Waals surface area contributed by atoms with Gasteiger partial charge in [-0.3, -0.25) is 15.1 Å². The monoisotopic (exact) mass is 476 g/mol. The molecule has 11 heteroatoms. The van der Waals surface area contributed by atoms with Gasteiger partial charge in [0, 0.05) is 37.4 Å². The molecular formula is C23H26F2N4O5. The van der Waals surface area contributed by atoms with Crippen molar-refractivity contribution in [1.82, 2.24) is 10.3 Å². The van der Waals surface area contributed by atoms with E-state index in [9.17, 15) is 13.6 Å². The van der Waals surface area contributed by atoms with E-state index in [2.05, 4.69) is 15.6 Å². The van der Waals surface area contributed by atoms with Crippen LogP contribution in [0.5, 0.6) is 23.0 Å². The number of carbonyl (C=O) groups excluding carboxylic acids is 1. The molecule has 0 saturated heterocycles. The highest BCUT2D eigenvalue weighted by molar-refractivity contribution is 5.90. The van der Waals surface area contributed by atoms with Crippen LogP contribution in [0.1, 0.15) is 6.42 Å². The van der Waals surface area contributed by atoms with Gasteiger partial charge in [0.2, 0.25) is 0 Å². The Balaban J connectivity index is 1.80. The Hall–Kier alpha value is -3.70. The summed E-state index contributed by atoms with van der Waals surface area (Å²) in [6.07, 6.45) is 1.73. The quantitative estimate of drug-likeness (QED) is 0.268. The number of hydrogen-bond acceptors (Lipinski definition) is 7. The maximum absolute atomic E-state index is 14.5. The second-order valence-corrected chi connectivity index (χ2v) is 6.94. The number of rotatable bonds is 12. The van der Waals surface area contributed by atoms with E-state index in [1.54, 1.807) is 31.5 Å². The summed E-state index contributed by atoms with van der Waals surface area (Å²) in [5.41, 5.74) is 6.07. The Labute approximate surface area is 195 Å². The van der Waals surface area contributed by atoms with Crippen LogP contribution in [0.3, 0.4) is 0 Å². The Morgan fingerprint density at radius 3 is 2.65 bits per heavy atom. The van der Waals surface area contributed by atoms with Crippen molar-refractivity contribution in [3.8, 4) is 23.0 Å². The second kappa shape index (κ2) is 12.5. The fraction of sp³-hybridized carbons (Fsp3) is 0.304. The van der Waals surface area contributed by atoms with Crippen LogP contribution in [0.25, 0.3) is 10.9 Å². The summed E-state index contributed by atoms with van der Waals surface area (Å²) >= 11 is 0. The summed E-state index contributed by atoms with van der Waals surface area (Å²) in [6.45, 7) is 0.240. The third-order valence-electron chi connectivity index (χ3n) is 4.56. The van der Waals surface area contributed by atoms with Crippen molar-refractivity contribution in [2.75, 3.05) is 45.6 Å². The summed E-state index contributed by atoms with van der Waals surface area (Å²) in [5, 5.41) is 5.41. The third-order valence-corrected chi connectivity index (χ3v) is 4.56. The van der Waals surface area contributed by atoms with Gasteiger partial charge in [-0.15, -0.1) is 0 Å². The average Bonchev–Trinajstić information content (AvgIpc) is 2.82. The van der Waals surface area contributed by atoms with Crippen molar-refractivity contribution in [1.29, 1.82) is 0 Å². The highest BCUT2D eigenvalue weighted by Gasteiger charge is 2.14. The minimum Gasteiger partial charge on any atom is -0.487 e. The highest BCUT2D eigenvalue weighted by atomic mass is 19.1. The number of urea groups is 1. The number of nitrogens with zero attached hydrogens (tertiary/aromatic N) is 1. The Bertz CT molecular complexity index is 1120. The molecule has 2 aromatic carbocycles. The summed E-state index contributed by atoms with van der Waals surface area (Å²) < 4.78 is 48.7. The fourth-order valence-corrected chi connectivity index (χ4v) is 2.99. The first kappa shape index (κ1) is 24.9. The minimum absolute atomic E-state index is 0.0406. The number of anilines is 1. The van der Waals surface area contributed by atoms with E-state index in [0.717, 1.165) is 6.07 Å². The Morgan fingerprint density at radius 1 is 1.09 bits per heavy atom. The molecule has 0 atom stereocenters. The molecule has 0 aliphatic rings. The number of ether oxygens (including phenoxy) is 4. The molecule has 0 aliphatic carbocycles. The molecule has 1 heterocycles. The largest absolute Gasteiger partial charge is 0.487 e. The summed E-state index contributed by atoms with van der Waals surface area (Å²) in [4.78, 5) is 16.1. The number of hydrogen-bond donors (Lipinski definition) is 3. The number of methoxy groups -OCH3 is 1. The van der Waals surface area contributed by atoms with Crippen LogP contribution in [-0.2, 0) is 4.74 Å². The zero-order valence-corrected chi connectivity index (χ0v) is 18.6. The van der Waals surface area contributed by atoms with Gasteiger partial charge in [0.1, 0.15) is 30.7 Å². The molecule has 34 heavy (non-hydrogen) atoms. The van der Waals surface area contributed by atoms with Crippen molar-refractivity contribution >= 4 is 22.6 Å². The summed E-state index contributed by atoms with van der Waals surface area (Å²) in [5.74, 6) is 0.756. The molecule has 9 nitrogen and oxygen atoms in total. The van der Waals surface area contributed by atoms with Gasteiger partial charge >= 0.3 is 6.03 Å².